The van der Waals surface area contributed by atoms with E-state index in [-0.39, 0.29) is 17.7 Å². The van der Waals surface area contributed by atoms with E-state index in [2.05, 4.69) is 15.6 Å². The minimum Gasteiger partial charge on any atom is -0.409 e. The summed E-state index contributed by atoms with van der Waals surface area (Å²) in [5.74, 6) is -1.01. The Labute approximate surface area is 106 Å². The summed E-state index contributed by atoms with van der Waals surface area (Å²) in [7, 11) is 1.80. The van der Waals surface area contributed by atoms with Crippen LogP contribution in [0.3, 0.4) is 0 Å². The molecule has 0 aliphatic rings. The number of nitrogens with two attached hydrogens (primary N) is 1. The number of carbonyl (C=O) groups is 1. The van der Waals surface area contributed by atoms with E-state index in [1.54, 1.807) is 17.9 Å². The minimum absolute atomic E-state index is 0.0465. The Hall–Kier alpha value is -2.05. The Kier molecular flexibility index (Phi) is 4.70. The van der Waals surface area contributed by atoms with Crippen LogP contribution in [0.5, 0.6) is 0 Å². The number of amides is 1. The molecule has 18 heavy (non-hydrogen) atoms. The van der Waals surface area contributed by atoms with E-state index in [4.69, 9.17) is 10.9 Å². The van der Waals surface area contributed by atoms with E-state index in [1.807, 2.05) is 20.0 Å². The molecule has 0 aliphatic carbocycles. The first-order chi connectivity index (χ1) is 8.45. The number of aromatic nitrogens is 2. The first-order valence-electron chi connectivity index (χ1n) is 5.68. The van der Waals surface area contributed by atoms with Gasteiger partial charge in [-0.2, -0.15) is 5.10 Å². The number of amidine groups is 1. The van der Waals surface area contributed by atoms with E-state index in [0.717, 1.165) is 5.56 Å². The Bertz CT molecular complexity index is 438. The number of aryl methyl sites for hydroxylation is 1. The number of hydrogen-bond donors (Lipinski definition) is 3. The molecule has 7 nitrogen and oxygen atoms in total. The van der Waals surface area contributed by atoms with Gasteiger partial charge in [-0.25, -0.2) is 0 Å². The molecule has 0 aromatic carbocycles. The zero-order valence-corrected chi connectivity index (χ0v) is 10.8. The monoisotopic (exact) mass is 253 g/mol. The van der Waals surface area contributed by atoms with E-state index in [1.165, 1.54) is 0 Å². The molecule has 1 amide bonds. The van der Waals surface area contributed by atoms with Crippen molar-refractivity contribution >= 4 is 11.7 Å². The third-order valence-electron chi connectivity index (χ3n) is 2.61. The lowest BCUT2D eigenvalue weighted by Gasteiger charge is -2.18. The van der Waals surface area contributed by atoms with Gasteiger partial charge < -0.3 is 16.3 Å². The summed E-state index contributed by atoms with van der Waals surface area (Å²) in [5, 5.41) is 18.3. The van der Waals surface area contributed by atoms with Crippen molar-refractivity contribution in [2.45, 2.75) is 20.4 Å². The molecule has 1 heterocycles. The molecular weight excluding hydrogens is 234 g/mol. The van der Waals surface area contributed by atoms with Gasteiger partial charge in [0.15, 0.2) is 5.84 Å². The van der Waals surface area contributed by atoms with Crippen molar-refractivity contribution < 1.29 is 10.0 Å². The van der Waals surface area contributed by atoms with Gasteiger partial charge in [-0.05, 0) is 5.92 Å². The Morgan fingerprint density at radius 1 is 1.67 bits per heavy atom. The Morgan fingerprint density at radius 2 is 2.33 bits per heavy atom. The molecule has 0 saturated carbocycles. The molecule has 100 valence electrons. The standard InChI is InChI=1S/C11H19N5O2/c1-7(2)9(10(12)15-18)11(17)13-4-8-5-14-16(3)6-8/h5-7,9,18H,4H2,1-3H3,(H2,12,15)(H,13,17). The SMILES string of the molecule is CC(C)C(C(=O)NCc1cnn(C)c1)C(N)=NO. The molecule has 1 aromatic rings. The zero-order valence-electron chi connectivity index (χ0n) is 10.8. The third kappa shape index (κ3) is 3.47. The summed E-state index contributed by atoms with van der Waals surface area (Å²) in [6, 6.07) is 0. The molecule has 1 aromatic heterocycles. The van der Waals surface area contributed by atoms with Crippen LogP contribution < -0.4 is 11.1 Å². The number of nitrogens with one attached hydrogen (secondary N) is 1. The fourth-order valence-corrected chi connectivity index (χ4v) is 1.70. The molecule has 0 aliphatic heterocycles. The highest BCUT2D eigenvalue weighted by Crippen LogP contribution is 2.11. The molecule has 0 fully saturated rings. The summed E-state index contributed by atoms with van der Waals surface area (Å²) in [5.41, 5.74) is 6.41. The van der Waals surface area contributed by atoms with Gasteiger partial charge >= 0.3 is 0 Å². The smallest absolute Gasteiger partial charge is 0.231 e. The summed E-state index contributed by atoms with van der Waals surface area (Å²) >= 11 is 0. The molecule has 0 saturated heterocycles. The summed E-state index contributed by atoms with van der Waals surface area (Å²) in [6.07, 6.45) is 3.49. The zero-order chi connectivity index (χ0) is 13.7. The first kappa shape index (κ1) is 14.0. The van der Waals surface area contributed by atoms with Crippen molar-refractivity contribution in [3.05, 3.63) is 18.0 Å². The lowest BCUT2D eigenvalue weighted by Crippen LogP contribution is -2.41. The fraction of sp³-hybridized carbons (Fsp3) is 0.545. The van der Waals surface area contributed by atoms with Crippen LogP contribution in [-0.2, 0) is 18.4 Å². The normalized spacial score (nSPS) is 13.7. The summed E-state index contributed by atoms with van der Waals surface area (Å²) < 4.78 is 1.66. The van der Waals surface area contributed by atoms with Gasteiger partial charge in [0, 0.05) is 25.4 Å². The molecular formula is C11H19N5O2. The second-order valence-corrected chi connectivity index (χ2v) is 4.49. The van der Waals surface area contributed by atoms with Crippen LogP contribution in [0.2, 0.25) is 0 Å². The maximum absolute atomic E-state index is 12.0. The van der Waals surface area contributed by atoms with Gasteiger partial charge in [0.05, 0.1) is 6.20 Å². The second kappa shape index (κ2) is 6.04. The average molecular weight is 253 g/mol. The fourth-order valence-electron chi connectivity index (χ4n) is 1.70. The maximum Gasteiger partial charge on any atom is 0.231 e. The number of rotatable bonds is 5. The highest BCUT2D eigenvalue weighted by molar-refractivity contribution is 6.02. The van der Waals surface area contributed by atoms with E-state index >= 15 is 0 Å². The van der Waals surface area contributed by atoms with Crippen molar-refractivity contribution in [3.8, 4) is 0 Å². The third-order valence-corrected chi connectivity index (χ3v) is 2.61. The number of oxime groups is 1. The molecule has 1 unspecified atom stereocenters. The van der Waals surface area contributed by atoms with Gasteiger partial charge in [-0.3, -0.25) is 9.48 Å². The molecule has 1 rings (SSSR count). The Morgan fingerprint density at radius 3 is 2.78 bits per heavy atom. The Balaban J connectivity index is 2.62. The summed E-state index contributed by atoms with van der Waals surface area (Å²) in [4.78, 5) is 12.0. The van der Waals surface area contributed by atoms with Crippen molar-refractivity contribution in [3.63, 3.8) is 0 Å². The summed E-state index contributed by atoms with van der Waals surface area (Å²) in [6.45, 7) is 4.05. The highest BCUT2D eigenvalue weighted by Gasteiger charge is 2.26. The lowest BCUT2D eigenvalue weighted by molar-refractivity contribution is -0.124. The number of hydrogen-bond acceptors (Lipinski definition) is 4. The van der Waals surface area contributed by atoms with Crippen molar-refractivity contribution in [2.24, 2.45) is 29.8 Å². The van der Waals surface area contributed by atoms with Gasteiger partial charge in [0.2, 0.25) is 5.91 Å². The lowest BCUT2D eigenvalue weighted by atomic mass is 9.94. The van der Waals surface area contributed by atoms with Crippen molar-refractivity contribution in [1.29, 1.82) is 0 Å². The van der Waals surface area contributed by atoms with Crippen molar-refractivity contribution in [1.82, 2.24) is 15.1 Å². The molecule has 7 heteroatoms. The maximum atomic E-state index is 12.0. The van der Waals surface area contributed by atoms with Crippen LogP contribution >= 0.6 is 0 Å². The first-order valence-corrected chi connectivity index (χ1v) is 5.68. The topological polar surface area (TPSA) is 106 Å². The van der Waals surface area contributed by atoms with Crippen molar-refractivity contribution in [2.75, 3.05) is 0 Å². The largest absolute Gasteiger partial charge is 0.409 e. The van der Waals surface area contributed by atoms with E-state index in [9.17, 15) is 4.79 Å². The van der Waals surface area contributed by atoms with Crippen LogP contribution in [0.25, 0.3) is 0 Å². The van der Waals surface area contributed by atoms with E-state index in [0.29, 0.717) is 6.54 Å². The van der Waals surface area contributed by atoms with E-state index < -0.39 is 5.92 Å². The predicted molar refractivity (Wildman–Crippen MR) is 66.8 cm³/mol. The van der Waals surface area contributed by atoms with Crippen LogP contribution in [-0.4, -0.2) is 26.7 Å². The van der Waals surface area contributed by atoms with Gasteiger partial charge in [0.25, 0.3) is 0 Å². The quantitative estimate of drug-likeness (QED) is 0.298. The minimum atomic E-state index is -0.633. The molecule has 0 radical (unpaired) electrons. The molecule has 0 spiro atoms. The van der Waals surface area contributed by atoms with Gasteiger partial charge in [-0.1, -0.05) is 19.0 Å². The second-order valence-electron chi connectivity index (χ2n) is 4.49. The van der Waals surface area contributed by atoms with Crippen LogP contribution in [0, 0.1) is 11.8 Å². The highest BCUT2D eigenvalue weighted by atomic mass is 16.4. The number of carbonyl (C=O) groups excluding carboxylic acids is 1. The van der Waals surface area contributed by atoms with Gasteiger partial charge in [0.1, 0.15) is 5.92 Å². The van der Waals surface area contributed by atoms with Crippen LogP contribution in [0.4, 0.5) is 0 Å². The molecule has 4 N–H and O–H groups in total. The van der Waals surface area contributed by atoms with Crippen LogP contribution in [0.15, 0.2) is 17.5 Å². The molecule has 1 atom stereocenters. The number of nitrogens with zero attached hydrogens (tertiary/aromatic N) is 3. The molecule has 0 bridgehead atoms. The van der Waals surface area contributed by atoms with Crippen LogP contribution in [0.1, 0.15) is 19.4 Å². The average Bonchev–Trinajstić information content (AvgIpc) is 2.72. The predicted octanol–water partition coefficient (Wildman–Crippen LogP) is 0.0549. The van der Waals surface area contributed by atoms with Gasteiger partial charge in [-0.15, -0.1) is 0 Å².